The van der Waals surface area contributed by atoms with Gasteiger partial charge in [0, 0.05) is 5.54 Å². The smallest absolute Gasteiger partial charge is 0.0154 e. The van der Waals surface area contributed by atoms with E-state index >= 15 is 0 Å². The minimum atomic E-state index is 0.208. The molecule has 0 radical (unpaired) electrons. The molecule has 0 aromatic rings. The minimum Gasteiger partial charge on any atom is -0.325 e. The fourth-order valence-corrected chi connectivity index (χ4v) is 2.81. The molecule has 1 aliphatic rings. The Bertz CT molecular complexity index is 157. The quantitative estimate of drug-likeness (QED) is 0.653. The molecule has 15 heavy (non-hydrogen) atoms. The van der Waals surface area contributed by atoms with E-state index in [-0.39, 0.29) is 5.54 Å². The summed E-state index contributed by atoms with van der Waals surface area (Å²) in [5.74, 6) is 0.970. The van der Waals surface area contributed by atoms with Crippen LogP contribution in [0.5, 0.6) is 0 Å². The zero-order valence-electron chi connectivity index (χ0n) is 10.7. The van der Waals surface area contributed by atoms with Gasteiger partial charge in [0.05, 0.1) is 0 Å². The normalized spacial score (nSPS) is 31.8. The van der Waals surface area contributed by atoms with Gasteiger partial charge in [-0.2, -0.15) is 0 Å². The van der Waals surface area contributed by atoms with Crippen LogP contribution >= 0.6 is 0 Å². The molecular weight excluding hydrogens is 182 g/mol. The molecule has 0 saturated heterocycles. The highest BCUT2D eigenvalue weighted by atomic mass is 14.7. The van der Waals surface area contributed by atoms with Crippen LogP contribution in [0.4, 0.5) is 0 Å². The molecule has 1 nitrogen and oxygen atoms in total. The molecule has 0 aliphatic heterocycles. The molecule has 0 aromatic heterocycles. The second-order valence-corrected chi connectivity index (χ2v) is 5.52. The minimum absolute atomic E-state index is 0.208. The van der Waals surface area contributed by atoms with Gasteiger partial charge in [-0.25, -0.2) is 0 Å². The Labute approximate surface area is 95.8 Å². The molecule has 90 valence electrons. The zero-order valence-corrected chi connectivity index (χ0v) is 10.7. The highest BCUT2D eigenvalue weighted by molar-refractivity contribution is 4.89. The first-order valence-electron chi connectivity index (χ1n) is 6.99. The Kier molecular flexibility index (Phi) is 5.66. The summed E-state index contributed by atoms with van der Waals surface area (Å²) in [6.45, 7) is 4.58. The van der Waals surface area contributed by atoms with Gasteiger partial charge in [-0.15, -0.1) is 0 Å². The van der Waals surface area contributed by atoms with E-state index in [0.717, 1.165) is 5.92 Å². The molecule has 1 saturated carbocycles. The standard InChI is InChI=1S/C14H29N/c1-3-5-6-7-10-14(15)11-8-13(4-2)9-12-14/h13H,3-12,15H2,1-2H3. The molecule has 1 heteroatoms. The Morgan fingerprint density at radius 1 is 1.07 bits per heavy atom. The maximum atomic E-state index is 6.46. The fourth-order valence-electron chi connectivity index (χ4n) is 2.81. The summed E-state index contributed by atoms with van der Waals surface area (Å²) < 4.78 is 0. The number of hydrogen-bond donors (Lipinski definition) is 1. The summed E-state index contributed by atoms with van der Waals surface area (Å²) in [6, 6.07) is 0. The van der Waals surface area contributed by atoms with Crippen LogP contribution in [0, 0.1) is 5.92 Å². The van der Waals surface area contributed by atoms with Crippen molar-refractivity contribution in [2.45, 2.75) is 83.6 Å². The maximum Gasteiger partial charge on any atom is 0.0154 e. The SMILES string of the molecule is CCCCCCC1(N)CCC(CC)CC1. The fraction of sp³-hybridized carbons (Fsp3) is 1.00. The highest BCUT2D eigenvalue weighted by Gasteiger charge is 2.30. The Hall–Kier alpha value is -0.0400. The first-order chi connectivity index (χ1) is 7.20. The Morgan fingerprint density at radius 2 is 1.73 bits per heavy atom. The average molecular weight is 211 g/mol. The zero-order chi connectivity index (χ0) is 11.1. The second-order valence-electron chi connectivity index (χ2n) is 5.52. The van der Waals surface area contributed by atoms with E-state index in [0.29, 0.717) is 0 Å². The van der Waals surface area contributed by atoms with E-state index < -0.39 is 0 Å². The highest BCUT2D eigenvalue weighted by Crippen LogP contribution is 2.35. The van der Waals surface area contributed by atoms with Crippen LogP contribution in [0.2, 0.25) is 0 Å². The predicted molar refractivity (Wildman–Crippen MR) is 67.9 cm³/mol. The van der Waals surface area contributed by atoms with Crippen LogP contribution in [0.15, 0.2) is 0 Å². The summed E-state index contributed by atoms with van der Waals surface area (Å²) in [4.78, 5) is 0. The lowest BCUT2D eigenvalue weighted by Crippen LogP contribution is -2.43. The first kappa shape index (κ1) is 13.0. The molecule has 1 rings (SSSR count). The maximum absolute atomic E-state index is 6.46. The van der Waals surface area contributed by atoms with Crippen molar-refractivity contribution in [2.75, 3.05) is 0 Å². The van der Waals surface area contributed by atoms with Crippen molar-refractivity contribution in [1.82, 2.24) is 0 Å². The third-order valence-electron chi connectivity index (χ3n) is 4.21. The first-order valence-corrected chi connectivity index (χ1v) is 6.99. The topological polar surface area (TPSA) is 26.0 Å². The molecule has 2 N–H and O–H groups in total. The van der Waals surface area contributed by atoms with Crippen LogP contribution in [0.25, 0.3) is 0 Å². The van der Waals surface area contributed by atoms with Crippen molar-refractivity contribution < 1.29 is 0 Å². The van der Waals surface area contributed by atoms with Gasteiger partial charge in [0.25, 0.3) is 0 Å². The van der Waals surface area contributed by atoms with Gasteiger partial charge in [-0.1, -0.05) is 46.0 Å². The van der Waals surface area contributed by atoms with E-state index in [9.17, 15) is 0 Å². The Balaban J connectivity index is 2.17. The van der Waals surface area contributed by atoms with Crippen molar-refractivity contribution in [3.05, 3.63) is 0 Å². The second kappa shape index (κ2) is 6.52. The van der Waals surface area contributed by atoms with Crippen molar-refractivity contribution in [2.24, 2.45) is 11.7 Å². The third kappa shape index (κ3) is 4.55. The van der Waals surface area contributed by atoms with Crippen LogP contribution < -0.4 is 5.73 Å². The van der Waals surface area contributed by atoms with E-state index in [4.69, 9.17) is 5.73 Å². The average Bonchev–Trinajstić information content (AvgIpc) is 2.26. The summed E-state index contributed by atoms with van der Waals surface area (Å²) in [5, 5.41) is 0. The van der Waals surface area contributed by atoms with Gasteiger partial charge in [-0.05, 0) is 38.0 Å². The van der Waals surface area contributed by atoms with Crippen molar-refractivity contribution in [1.29, 1.82) is 0 Å². The van der Waals surface area contributed by atoms with Crippen molar-refractivity contribution >= 4 is 0 Å². The predicted octanol–water partition coefficient (Wildman–Crippen LogP) is 4.25. The molecule has 1 aliphatic carbocycles. The van der Waals surface area contributed by atoms with Crippen molar-refractivity contribution in [3.63, 3.8) is 0 Å². The molecule has 0 spiro atoms. The third-order valence-corrected chi connectivity index (χ3v) is 4.21. The van der Waals surface area contributed by atoms with Gasteiger partial charge in [0.2, 0.25) is 0 Å². The summed E-state index contributed by atoms with van der Waals surface area (Å²) in [5.41, 5.74) is 6.67. The summed E-state index contributed by atoms with van der Waals surface area (Å²) >= 11 is 0. The lowest BCUT2D eigenvalue weighted by molar-refractivity contribution is 0.213. The van der Waals surface area contributed by atoms with Gasteiger partial charge in [-0.3, -0.25) is 0 Å². The summed E-state index contributed by atoms with van der Waals surface area (Å²) in [6.07, 6.45) is 13.4. The monoisotopic (exact) mass is 211 g/mol. The molecule has 0 bridgehead atoms. The van der Waals surface area contributed by atoms with Crippen molar-refractivity contribution in [3.8, 4) is 0 Å². The molecule has 0 amide bonds. The number of nitrogens with two attached hydrogens (primary N) is 1. The van der Waals surface area contributed by atoms with Gasteiger partial charge >= 0.3 is 0 Å². The molecular formula is C14H29N. The largest absolute Gasteiger partial charge is 0.325 e. The van der Waals surface area contributed by atoms with Crippen LogP contribution in [-0.4, -0.2) is 5.54 Å². The van der Waals surface area contributed by atoms with E-state index in [1.165, 1.54) is 64.2 Å². The number of rotatable bonds is 6. The lowest BCUT2D eigenvalue weighted by atomic mass is 9.74. The number of hydrogen-bond acceptors (Lipinski definition) is 1. The number of unbranched alkanes of at least 4 members (excludes halogenated alkanes) is 3. The lowest BCUT2D eigenvalue weighted by Gasteiger charge is -2.37. The van der Waals surface area contributed by atoms with Crippen LogP contribution in [0.3, 0.4) is 0 Å². The van der Waals surface area contributed by atoms with Crippen LogP contribution in [0.1, 0.15) is 78.1 Å². The van der Waals surface area contributed by atoms with Crippen LogP contribution in [-0.2, 0) is 0 Å². The van der Waals surface area contributed by atoms with E-state index in [2.05, 4.69) is 13.8 Å². The molecule has 0 aromatic carbocycles. The molecule has 0 atom stereocenters. The molecule has 0 unspecified atom stereocenters. The van der Waals surface area contributed by atoms with Gasteiger partial charge in [0.15, 0.2) is 0 Å². The van der Waals surface area contributed by atoms with Gasteiger partial charge < -0.3 is 5.73 Å². The molecule has 1 fully saturated rings. The van der Waals surface area contributed by atoms with Gasteiger partial charge in [0.1, 0.15) is 0 Å². The Morgan fingerprint density at radius 3 is 2.27 bits per heavy atom. The molecule has 0 heterocycles. The van der Waals surface area contributed by atoms with E-state index in [1.54, 1.807) is 0 Å². The summed E-state index contributed by atoms with van der Waals surface area (Å²) in [7, 11) is 0. The van der Waals surface area contributed by atoms with E-state index in [1.807, 2.05) is 0 Å².